The van der Waals surface area contributed by atoms with Gasteiger partial charge in [0.15, 0.2) is 0 Å². The molecule has 122 valence electrons. The SMILES string of the molecule is O=C1NC(=O)/C(=C\c2ccc(OCc3ccc(Cl)cc3)c(I)c2)N1. The second kappa shape index (κ2) is 7.23. The standard InChI is InChI=1S/C17H12ClIN2O3/c18-12-4-1-10(2-5-12)9-24-15-6-3-11(7-13(15)19)8-14-16(22)21-17(23)20-14/h1-8H,9H2,(H2,20,21,22,23)/b14-8+. The van der Waals surface area contributed by atoms with Gasteiger partial charge >= 0.3 is 6.03 Å². The third kappa shape index (κ3) is 4.07. The lowest BCUT2D eigenvalue weighted by atomic mass is 10.2. The lowest BCUT2D eigenvalue weighted by Crippen LogP contribution is -2.22. The van der Waals surface area contributed by atoms with Crippen molar-refractivity contribution < 1.29 is 14.3 Å². The summed E-state index contributed by atoms with van der Waals surface area (Å²) in [5.41, 5.74) is 2.04. The summed E-state index contributed by atoms with van der Waals surface area (Å²) in [5, 5.41) is 5.31. The molecule has 0 aliphatic carbocycles. The fourth-order valence-corrected chi connectivity index (χ4v) is 2.94. The molecule has 1 fully saturated rings. The van der Waals surface area contributed by atoms with Gasteiger partial charge < -0.3 is 10.1 Å². The highest BCUT2D eigenvalue weighted by molar-refractivity contribution is 14.1. The zero-order valence-corrected chi connectivity index (χ0v) is 15.2. The Bertz CT molecular complexity index is 834. The summed E-state index contributed by atoms with van der Waals surface area (Å²) < 4.78 is 6.71. The minimum absolute atomic E-state index is 0.227. The van der Waals surface area contributed by atoms with E-state index in [0.29, 0.717) is 11.6 Å². The Labute approximate surface area is 157 Å². The van der Waals surface area contributed by atoms with Crippen LogP contribution in [0.2, 0.25) is 5.02 Å². The van der Waals surface area contributed by atoms with Gasteiger partial charge in [-0.05, 0) is 64.1 Å². The van der Waals surface area contributed by atoms with Crippen molar-refractivity contribution >= 4 is 52.2 Å². The molecule has 0 radical (unpaired) electrons. The van der Waals surface area contributed by atoms with E-state index in [0.717, 1.165) is 20.4 Å². The number of ether oxygens (including phenoxy) is 1. The van der Waals surface area contributed by atoms with Gasteiger partial charge in [0, 0.05) is 5.02 Å². The number of benzene rings is 2. The average molecular weight is 455 g/mol. The predicted molar refractivity (Wildman–Crippen MR) is 99.6 cm³/mol. The summed E-state index contributed by atoms with van der Waals surface area (Å²) in [6.45, 7) is 0.437. The van der Waals surface area contributed by atoms with Crippen LogP contribution >= 0.6 is 34.2 Å². The molecule has 7 heteroatoms. The maximum absolute atomic E-state index is 11.5. The van der Waals surface area contributed by atoms with Crippen molar-refractivity contribution in [2.24, 2.45) is 0 Å². The molecular formula is C17H12ClIN2O3. The summed E-state index contributed by atoms with van der Waals surface area (Å²) in [7, 11) is 0. The number of halogens is 2. The maximum Gasteiger partial charge on any atom is 0.326 e. The Morgan fingerprint density at radius 3 is 2.46 bits per heavy atom. The van der Waals surface area contributed by atoms with Gasteiger partial charge in [0.25, 0.3) is 5.91 Å². The summed E-state index contributed by atoms with van der Waals surface area (Å²) in [6.07, 6.45) is 1.62. The van der Waals surface area contributed by atoms with E-state index in [1.807, 2.05) is 42.5 Å². The topological polar surface area (TPSA) is 67.4 Å². The molecule has 0 atom stereocenters. The van der Waals surface area contributed by atoms with Gasteiger partial charge in [-0.1, -0.05) is 29.8 Å². The summed E-state index contributed by atoms with van der Waals surface area (Å²) in [6, 6.07) is 12.5. The monoisotopic (exact) mass is 454 g/mol. The zero-order valence-electron chi connectivity index (χ0n) is 12.3. The van der Waals surface area contributed by atoms with Gasteiger partial charge in [0.2, 0.25) is 0 Å². The highest BCUT2D eigenvalue weighted by atomic mass is 127. The van der Waals surface area contributed by atoms with Crippen LogP contribution in [0, 0.1) is 3.57 Å². The van der Waals surface area contributed by atoms with Crippen molar-refractivity contribution in [2.75, 3.05) is 0 Å². The Kier molecular flexibility index (Phi) is 5.06. The van der Waals surface area contributed by atoms with Crippen molar-refractivity contribution in [3.05, 3.63) is 67.9 Å². The first-order valence-corrected chi connectivity index (χ1v) is 8.48. The second-order valence-corrected chi connectivity index (χ2v) is 6.67. The van der Waals surface area contributed by atoms with Crippen LogP contribution in [0.25, 0.3) is 6.08 Å². The van der Waals surface area contributed by atoms with E-state index in [4.69, 9.17) is 16.3 Å². The molecule has 0 spiro atoms. The van der Waals surface area contributed by atoms with Crippen molar-refractivity contribution in [1.82, 2.24) is 10.6 Å². The van der Waals surface area contributed by atoms with Crippen LogP contribution in [-0.2, 0) is 11.4 Å². The Hall–Kier alpha value is -2.06. The normalized spacial score (nSPS) is 15.3. The van der Waals surface area contributed by atoms with Gasteiger partial charge in [-0.3, -0.25) is 10.1 Å². The largest absolute Gasteiger partial charge is 0.488 e. The molecule has 1 aliphatic heterocycles. The molecule has 2 N–H and O–H groups in total. The van der Waals surface area contributed by atoms with Crippen molar-refractivity contribution in [3.63, 3.8) is 0 Å². The fourth-order valence-electron chi connectivity index (χ4n) is 2.11. The molecular weight excluding hydrogens is 443 g/mol. The smallest absolute Gasteiger partial charge is 0.326 e. The van der Waals surface area contributed by atoms with Crippen LogP contribution in [0.5, 0.6) is 5.75 Å². The molecule has 24 heavy (non-hydrogen) atoms. The molecule has 0 aromatic heterocycles. The molecule has 2 aromatic rings. The van der Waals surface area contributed by atoms with Crippen LogP contribution in [0.15, 0.2) is 48.2 Å². The van der Waals surface area contributed by atoms with Gasteiger partial charge in [-0.25, -0.2) is 4.79 Å². The lowest BCUT2D eigenvalue weighted by molar-refractivity contribution is -0.115. The molecule has 2 aromatic carbocycles. The van der Waals surface area contributed by atoms with Crippen molar-refractivity contribution in [3.8, 4) is 5.75 Å². The Morgan fingerprint density at radius 1 is 1.08 bits per heavy atom. The first-order chi connectivity index (χ1) is 11.5. The highest BCUT2D eigenvalue weighted by Crippen LogP contribution is 2.24. The van der Waals surface area contributed by atoms with Crippen LogP contribution in [0.3, 0.4) is 0 Å². The maximum atomic E-state index is 11.5. The van der Waals surface area contributed by atoms with Crippen LogP contribution < -0.4 is 15.4 Å². The number of imide groups is 1. The number of rotatable bonds is 4. The van der Waals surface area contributed by atoms with Gasteiger partial charge in [0.1, 0.15) is 18.1 Å². The Balaban J connectivity index is 1.70. The predicted octanol–water partition coefficient (Wildman–Crippen LogP) is 3.70. The average Bonchev–Trinajstić information content (AvgIpc) is 2.86. The van der Waals surface area contributed by atoms with Gasteiger partial charge in [0.05, 0.1) is 3.57 Å². The number of nitrogens with one attached hydrogen (secondary N) is 2. The number of carbonyl (C=O) groups is 2. The molecule has 3 rings (SSSR count). The minimum Gasteiger partial charge on any atom is -0.488 e. The van der Waals surface area contributed by atoms with E-state index < -0.39 is 11.9 Å². The fraction of sp³-hybridized carbons (Fsp3) is 0.0588. The molecule has 0 unspecified atom stereocenters. The lowest BCUT2D eigenvalue weighted by Gasteiger charge is -2.09. The van der Waals surface area contributed by atoms with Crippen molar-refractivity contribution in [2.45, 2.75) is 6.61 Å². The van der Waals surface area contributed by atoms with Crippen LogP contribution in [0.1, 0.15) is 11.1 Å². The quantitative estimate of drug-likeness (QED) is 0.421. The zero-order chi connectivity index (χ0) is 17.1. The number of hydrogen-bond donors (Lipinski definition) is 2. The van der Waals surface area contributed by atoms with E-state index >= 15 is 0 Å². The number of carbonyl (C=O) groups excluding carboxylic acids is 2. The van der Waals surface area contributed by atoms with Gasteiger partial charge in [-0.15, -0.1) is 0 Å². The number of hydrogen-bond acceptors (Lipinski definition) is 3. The third-order valence-corrected chi connectivity index (χ3v) is 4.39. The van der Waals surface area contributed by atoms with E-state index in [2.05, 4.69) is 33.2 Å². The third-order valence-electron chi connectivity index (χ3n) is 3.29. The van der Waals surface area contributed by atoms with E-state index in [9.17, 15) is 9.59 Å². The summed E-state index contributed by atoms with van der Waals surface area (Å²) >= 11 is 8.03. The molecule has 1 saturated heterocycles. The van der Waals surface area contributed by atoms with E-state index in [1.54, 1.807) is 6.08 Å². The minimum atomic E-state index is -0.510. The molecule has 1 aliphatic rings. The van der Waals surface area contributed by atoms with Crippen LogP contribution in [0.4, 0.5) is 4.79 Å². The van der Waals surface area contributed by atoms with Crippen molar-refractivity contribution in [1.29, 1.82) is 0 Å². The molecule has 0 bridgehead atoms. The van der Waals surface area contributed by atoms with E-state index in [-0.39, 0.29) is 5.70 Å². The van der Waals surface area contributed by atoms with Crippen LogP contribution in [-0.4, -0.2) is 11.9 Å². The van der Waals surface area contributed by atoms with E-state index in [1.165, 1.54) is 0 Å². The first-order valence-electron chi connectivity index (χ1n) is 7.02. The first kappa shape index (κ1) is 16.8. The number of urea groups is 1. The molecule has 0 saturated carbocycles. The second-order valence-electron chi connectivity index (χ2n) is 5.07. The summed E-state index contributed by atoms with van der Waals surface area (Å²) in [5.74, 6) is 0.311. The molecule has 1 heterocycles. The highest BCUT2D eigenvalue weighted by Gasteiger charge is 2.22. The molecule has 5 nitrogen and oxygen atoms in total. The number of amides is 3. The van der Waals surface area contributed by atoms with Gasteiger partial charge in [-0.2, -0.15) is 0 Å². The molecule has 3 amide bonds. The Morgan fingerprint density at radius 2 is 1.83 bits per heavy atom. The summed E-state index contributed by atoms with van der Waals surface area (Å²) in [4.78, 5) is 22.6.